The Morgan fingerprint density at radius 3 is 2.72 bits per heavy atom. The molecule has 3 heterocycles. The number of carbonyl (C=O) groups excluding carboxylic acids is 1. The summed E-state index contributed by atoms with van der Waals surface area (Å²) in [6, 6.07) is 11.1. The van der Waals surface area contributed by atoms with Crippen LogP contribution in [0.5, 0.6) is 11.5 Å². The van der Waals surface area contributed by atoms with Gasteiger partial charge in [-0.15, -0.1) is 0 Å². The zero-order valence-corrected chi connectivity index (χ0v) is 18.1. The number of rotatable bonds is 7. The van der Waals surface area contributed by atoms with Crippen LogP contribution in [-0.4, -0.2) is 41.2 Å². The van der Waals surface area contributed by atoms with Gasteiger partial charge in [-0.2, -0.15) is 0 Å². The van der Waals surface area contributed by atoms with E-state index in [0.717, 1.165) is 18.4 Å². The van der Waals surface area contributed by atoms with Gasteiger partial charge in [-0.05, 0) is 50.1 Å². The average molecular weight is 433 g/mol. The second-order valence-corrected chi connectivity index (χ2v) is 7.82. The smallest absolute Gasteiger partial charge is 0.259 e. The van der Waals surface area contributed by atoms with Crippen LogP contribution in [0, 0.1) is 6.92 Å². The summed E-state index contributed by atoms with van der Waals surface area (Å²) in [7, 11) is 3.23. The van der Waals surface area contributed by atoms with E-state index in [4.69, 9.17) is 18.4 Å². The first kappa shape index (κ1) is 20.1. The van der Waals surface area contributed by atoms with Crippen molar-refractivity contribution in [3.63, 3.8) is 0 Å². The van der Waals surface area contributed by atoms with Crippen molar-refractivity contribution in [2.24, 2.45) is 0 Å². The van der Waals surface area contributed by atoms with Crippen molar-refractivity contribution in [3.8, 4) is 23.0 Å². The summed E-state index contributed by atoms with van der Waals surface area (Å²) in [4.78, 5) is 20.3. The minimum absolute atomic E-state index is 0.100. The van der Waals surface area contributed by atoms with E-state index in [1.165, 1.54) is 0 Å². The van der Waals surface area contributed by atoms with E-state index in [1.54, 1.807) is 38.7 Å². The van der Waals surface area contributed by atoms with Crippen molar-refractivity contribution in [2.45, 2.75) is 32.4 Å². The fourth-order valence-corrected chi connectivity index (χ4v) is 3.89. The second kappa shape index (κ2) is 8.03. The number of methoxy groups -OCH3 is 2. The first-order valence-corrected chi connectivity index (χ1v) is 10.4. The average Bonchev–Trinajstić information content (AvgIpc) is 3.37. The largest absolute Gasteiger partial charge is 0.497 e. The minimum Gasteiger partial charge on any atom is -0.497 e. The fraction of sp³-hybridized carbons (Fsp3) is 0.292. The first-order valence-electron chi connectivity index (χ1n) is 10.4. The van der Waals surface area contributed by atoms with Crippen molar-refractivity contribution in [1.82, 2.24) is 15.0 Å². The lowest BCUT2D eigenvalue weighted by atomic mass is 10.1. The predicted molar refractivity (Wildman–Crippen MR) is 117 cm³/mol. The Bertz CT molecular complexity index is 1270. The third-order valence-corrected chi connectivity index (χ3v) is 5.70. The number of furan rings is 1. The molecule has 4 aromatic rings. The van der Waals surface area contributed by atoms with Crippen LogP contribution < -0.4 is 9.47 Å². The van der Waals surface area contributed by atoms with Crippen molar-refractivity contribution < 1.29 is 23.2 Å². The molecule has 32 heavy (non-hydrogen) atoms. The van der Waals surface area contributed by atoms with E-state index < -0.39 is 0 Å². The molecule has 3 aromatic heterocycles. The Kier molecular flexibility index (Phi) is 5.05. The summed E-state index contributed by atoms with van der Waals surface area (Å²) in [5.41, 5.74) is 2.88. The number of carbonyl (C=O) groups is 1. The Morgan fingerprint density at radius 1 is 1.19 bits per heavy atom. The van der Waals surface area contributed by atoms with Crippen molar-refractivity contribution in [1.29, 1.82) is 0 Å². The number of nitrogens with zero attached hydrogens (tertiary/aromatic N) is 3. The number of benzene rings is 1. The minimum atomic E-state index is -0.100. The molecule has 0 unspecified atom stereocenters. The summed E-state index contributed by atoms with van der Waals surface area (Å²) in [6.07, 6.45) is 3.50. The van der Waals surface area contributed by atoms with Crippen molar-refractivity contribution >= 4 is 17.0 Å². The third-order valence-electron chi connectivity index (χ3n) is 5.70. The summed E-state index contributed by atoms with van der Waals surface area (Å²) < 4.78 is 21.8. The van der Waals surface area contributed by atoms with Gasteiger partial charge in [0.15, 0.2) is 5.76 Å². The highest BCUT2D eigenvalue weighted by atomic mass is 16.5. The molecule has 0 aliphatic heterocycles. The topological polar surface area (TPSA) is 90.8 Å². The predicted octanol–water partition coefficient (Wildman–Crippen LogP) is 4.61. The number of aromatic nitrogens is 2. The number of amides is 1. The quantitative estimate of drug-likeness (QED) is 0.420. The molecule has 1 amide bonds. The molecule has 1 aliphatic rings. The van der Waals surface area contributed by atoms with Gasteiger partial charge in [-0.1, -0.05) is 5.16 Å². The molecule has 8 heteroatoms. The number of aryl methyl sites for hydroxylation is 1. The van der Waals surface area contributed by atoms with Crippen LogP contribution in [0.25, 0.3) is 22.6 Å². The van der Waals surface area contributed by atoms with Crippen LogP contribution in [-0.2, 0) is 6.54 Å². The van der Waals surface area contributed by atoms with Crippen LogP contribution >= 0.6 is 0 Å². The summed E-state index contributed by atoms with van der Waals surface area (Å²) in [6.45, 7) is 2.23. The van der Waals surface area contributed by atoms with Crippen LogP contribution in [0.4, 0.5) is 0 Å². The lowest BCUT2D eigenvalue weighted by Gasteiger charge is -2.24. The molecular formula is C24H23N3O5. The van der Waals surface area contributed by atoms with Crippen LogP contribution in [0.2, 0.25) is 0 Å². The summed E-state index contributed by atoms with van der Waals surface area (Å²) >= 11 is 0. The van der Waals surface area contributed by atoms with E-state index >= 15 is 0 Å². The van der Waals surface area contributed by atoms with Gasteiger partial charge in [-0.25, -0.2) is 4.98 Å². The van der Waals surface area contributed by atoms with Gasteiger partial charge in [0.2, 0.25) is 0 Å². The molecule has 0 atom stereocenters. The molecule has 5 rings (SSSR count). The van der Waals surface area contributed by atoms with Crippen molar-refractivity contribution in [3.05, 3.63) is 59.5 Å². The maximum atomic E-state index is 13.9. The van der Waals surface area contributed by atoms with E-state index in [9.17, 15) is 4.79 Å². The molecule has 1 saturated carbocycles. The van der Waals surface area contributed by atoms with Gasteiger partial charge < -0.3 is 23.3 Å². The number of hydrogen-bond donors (Lipinski definition) is 0. The summed E-state index contributed by atoms with van der Waals surface area (Å²) in [5.74, 6) is 1.84. The second-order valence-electron chi connectivity index (χ2n) is 7.82. The first-order chi connectivity index (χ1) is 15.6. The maximum Gasteiger partial charge on any atom is 0.259 e. The van der Waals surface area contributed by atoms with Crippen molar-refractivity contribution in [2.75, 3.05) is 14.2 Å². The van der Waals surface area contributed by atoms with E-state index in [-0.39, 0.29) is 11.9 Å². The zero-order chi connectivity index (χ0) is 22.2. The molecule has 164 valence electrons. The molecule has 0 saturated heterocycles. The van der Waals surface area contributed by atoms with Crippen LogP contribution in [0.1, 0.15) is 34.5 Å². The molecule has 1 fully saturated rings. The monoisotopic (exact) mass is 433 g/mol. The Morgan fingerprint density at radius 2 is 2.03 bits per heavy atom. The highest BCUT2D eigenvalue weighted by molar-refractivity contribution is 6.07. The number of pyridine rings is 1. The Balaban J connectivity index is 1.56. The number of hydrogen-bond acceptors (Lipinski definition) is 7. The number of ether oxygens (including phenoxy) is 2. The van der Waals surface area contributed by atoms with E-state index in [2.05, 4.69) is 10.1 Å². The molecule has 0 radical (unpaired) electrons. The Hall–Kier alpha value is -3.81. The molecule has 1 aliphatic carbocycles. The van der Waals surface area contributed by atoms with Gasteiger partial charge in [-0.3, -0.25) is 4.79 Å². The molecule has 0 bridgehead atoms. The van der Waals surface area contributed by atoms with Gasteiger partial charge >= 0.3 is 0 Å². The van der Waals surface area contributed by atoms with Gasteiger partial charge in [0.25, 0.3) is 11.6 Å². The molecular weight excluding hydrogens is 410 g/mol. The van der Waals surface area contributed by atoms with E-state index in [0.29, 0.717) is 51.9 Å². The van der Waals surface area contributed by atoms with Gasteiger partial charge in [0.05, 0.1) is 37.1 Å². The van der Waals surface area contributed by atoms with Gasteiger partial charge in [0, 0.05) is 24.2 Å². The lowest BCUT2D eigenvalue weighted by molar-refractivity contribution is 0.0730. The lowest BCUT2D eigenvalue weighted by Crippen LogP contribution is -2.33. The SMILES string of the molecule is COc1ccc(CN(C(=O)c2cc(-c3ccco3)nc3onc(C)c23)C2CC2)c(OC)c1. The molecule has 8 nitrogen and oxygen atoms in total. The highest BCUT2D eigenvalue weighted by Crippen LogP contribution is 2.35. The highest BCUT2D eigenvalue weighted by Gasteiger charge is 2.35. The third kappa shape index (κ3) is 3.57. The maximum absolute atomic E-state index is 13.9. The van der Waals surface area contributed by atoms with Crippen LogP contribution in [0.15, 0.2) is 51.6 Å². The van der Waals surface area contributed by atoms with Gasteiger partial charge in [0.1, 0.15) is 17.2 Å². The van der Waals surface area contributed by atoms with E-state index in [1.807, 2.05) is 30.0 Å². The molecule has 0 N–H and O–H groups in total. The standard InChI is InChI=1S/C24H23N3O5/c1-14-22-18(12-19(20-5-4-10-31-20)25-23(22)32-26-14)24(28)27(16-7-8-16)13-15-6-9-17(29-2)11-21(15)30-3/h4-6,9-12,16H,7-8,13H2,1-3H3. The van der Waals surface area contributed by atoms with Crippen LogP contribution in [0.3, 0.4) is 0 Å². The Labute approximate surface area is 184 Å². The zero-order valence-electron chi connectivity index (χ0n) is 18.1. The summed E-state index contributed by atoms with van der Waals surface area (Å²) in [5, 5.41) is 4.66. The number of fused-ring (bicyclic) bond motifs is 1. The molecule has 0 spiro atoms. The molecule has 1 aromatic carbocycles. The normalized spacial score (nSPS) is 13.3. The fourth-order valence-electron chi connectivity index (χ4n) is 3.89.